The van der Waals surface area contributed by atoms with Crippen molar-refractivity contribution in [3.8, 4) is 28.5 Å². The van der Waals surface area contributed by atoms with E-state index in [1.165, 1.54) is 43.3 Å². The fraction of sp³-hybridized carbons (Fsp3) is 0.192. The molecule has 186 valence electrons. The molecule has 0 atom stereocenters. The number of pyridine rings is 1. The lowest BCUT2D eigenvalue weighted by Crippen LogP contribution is -2.16. The molecule has 6 nitrogen and oxygen atoms in total. The molecule has 1 amide bonds. The summed E-state index contributed by atoms with van der Waals surface area (Å²) in [7, 11) is 0. The average Bonchev–Trinajstić information content (AvgIpc) is 3.26. The summed E-state index contributed by atoms with van der Waals surface area (Å²) in [5.74, 6) is -3.50. The van der Waals surface area contributed by atoms with Gasteiger partial charge in [-0.3, -0.25) is 4.79 Å². The predicted octanol–water partition coefficient (Wildman–Crippen LogP) is 6.80. The highest BCUT2D eigenvalue weighted by molar-refractivity contribution is 6.04. The smallest absolute Gasteiger partial charge is 0.387 e. The van der Waals surface area contributed by atoms with Gasteiger partial charge >= 0.3 is 6.61 Å². The number of aromatic nitrogens is 3. The van der Waals surface area contributed by atoms with Gasteiger partial charge in [0.15, 0.2) is 11.6 Å². The minimum absolute atomic E-state index is 0.0358. The molecule has 0 aliphatic heterocycles. The third-order valence-corrected chi connectivity index (χ3v) is 5.45. The number of H-pyrrole nitrogens is 1. The Morgan fingerprint density at radius 1 is 1.06 bits per heavy atom. The number of nitrogens with zero attached hydrogens (tertiary/aromatic N) is 2. The highest BCUT2D eigenvalue weighted by atomic mass is 19.3. The number of aryl methyl sites for hydroxylation is 1. The first-order chi connectivity index (χ1) is 17.2. The number of imidazole rings is 1. The zero-order chi connectivity index (χ0) is 25.9. The molecule has 36 heavy (non-hydrogen) atoms. The average molecular weight is 498 g/mol. The van der Waals surface area contributed by atoms with Crippen LogP contribution >= 0.6 is 0 Å². The van der Waals surface area contributed by atoms with E-state index >= 15 is 0 Å². The fourth-order valence-electron chi connectivity index (χ4n) is 3.59. The van der Waals surface area contributed by atoms with Gasteiger partial charge in [-0.1, -0.05) is 49.4 Å². The zero-order valence-corrected chi connectivity index (χ0v) is 19.4. The van der Waals surface area contributed by atoms with Crippen LogP contribution in [-0.2, 0) is 5.92 Å². The van der Waals surface area contributed by atoms with E-state index in [1.54, 1.807) is 37.3 Å². The molecule has 0 spiro atoms. The van der Waals surface area contributed by atoms with E-state index in [4.69, 9.17) is 0 Å². The minimum Gasteiger partial charge on any atom is -0.432 e. The lowest BCUT2D eigenvalue weighted by Gasteiger charge is -2.15. The number of anilines is 1. The Hall–Kier alpha value is -4.21. The number of aromatic amines is 1. The van der Waals surface area contributed by atoms with Gasteiger partial charge in [-0.05, 0) is 31.2 Å². The molecule has 4 rings (SSSR count). The molecular formula is C26H22F4N4O2. The van der Waals surface area contributed by atoms with E-state index in [-0.39, 0.29) is 40.6 Å². The third kappa shape index (κ3) is 5.37. The van der Waals surface area contributed by atoms with Crippen molar-refractivity contribution >= 4 is 11.6 Å². The molecule has 10 heteroatoms. The lowest BCUT2D eigenvalue weighted by atomic mass is 10.1. The second-order valence-electron chi connectivity index (χ2n) is 7.94. The van der Waals surface area contributed by atoms with Gasteiger partial charge in [0.1, 0.15) is 17.1 Å². The normalized spacial score (nSPS) is 11.5. The molecule has 0 bridgehead atoms. The Balaban J connectivity index is 1.64. The maximum Gasteiger partial charge on any atom is 0.387 e. The number of carbonyl (C=O) groups excluding carboxylic acids is 1. The molecule has 0 radical (unpaired) electrons. The van der Waals surface area contributed by atoms with Crippen LogP contribution < -0.4 is 10.1 Å². The van der Waals surface area contributed by atoms with E-state index in [0.717, 1.165) is 0 Å². The first kappa shape index (κ1) is 24.9. The number of hydrogen-bond donors (Lipinski definition) is 2. The maximum atomic E-state index is 14.0. The molecule has 0 aliphatic carbocycles. The second kappa shape index (κ2) is 10.2. The lowest BCUT2D eigenvalue weighted by molar-refractivity contribution is -0.0496. The SMILES string of the molecule is CCC(F)(F)c1cccc(NC(=O)c2nc(-c3ccc(OC(F)F)c(-c4ccccc4)n3)[nH]c2C)c1. The molecule has 0 saturated heterocycles. The van der Waals surface area contributed by atoms with Crippen molar-refractivity contribution in [3.05, 3.63) is 83.7 Å². The van der Waals surface area contributed by atoms with Crippen molar-refractivity contribution in [2.24, 2.45) is 0 Å². The van der Waals surface area contributed by atoms with Crippen molar-refractivity contribution in [2.45, 2.75) is 32.8 Å². The molecule has 4 aromatic rings. The van der Waals surface area contributed by atoms with Crippen LogP contribution in [-0.4, -0.2) is 27.5 Å². The number of ether oxygens (including phenoxy) is 1. The van der Waals surface area contributed by atoms with Gasteiger partial charge in [0.25, 0.3) is 11.8 Å². The highest BCUT2D eigenvalue weighted by Crippen LogP contribution is 2.33. The van der Waals surface area contributed by atoms with Gasteiger partial charge < -0.3 is 15.0 Å². The van der Waals surface area contributed by atoms with Crippen LogP contribution in [0.3, 0.4) is 0 Å². The van der Waals surface area contributed by atoms with Crippen LogP contribution in [0.25, 0.3) is 22.8 Å². The van der Waals surface area contributed by atoms with Gasteiger partial charge in [0, 0.05) is 28.9 Å². The van der Waals surface area contributed by atoms with Gasteiger partial charge in [0.05, 0.1) is 0 Å². The Morgan fingerprint density at radius 2 is 1.81 bits per heavy atom. The fourth-order valence-corrected chi connectivity index (χ4v) is 3.59. The van der Waals surface area contributed by atoms with Crippen LogP contribution in [0.2, 0.25) is 0 Å². The molecule has 0 fully saturated rings. The van der Waals surface area contributed by atoms with Crippen LogP contribution in [0.4, 0.5) is 23.2 Å². The first-order valence-electron chi connectivity index (χ1n) is 11.1. The summed E-state index contributed by atoms with van der Waals surface area (Å²) in [6.07, 6.45) is -0.370. The molecule has 2 N–H and O–H groups in total. The summed E-state index contributed by atoms with van der Waals surface area (Å²) in [6, 6.07) is 16.9. The zero-order valence-electron chi connectivity index (χ0n) is 19.4. The number of rotatable bonds is 8. The molecule has 2 aromatic heterocycles. The van der Waals surface area contributed by atoms with Crippen molar-refractivity contribution in [1.29, 1.82) is 0 Å². The summed E-state index contributed by atoms with van der Waals surface area (Å²) in [5, 5.41) is 2.59. The van der Waals surface area contributed by atoms with Crippen molar-refractivity contribution < 1.29 is 27.1 Å². The standard InChI is InChI=1S/C26H22F4N4O2/c1-3-26(29,30)17-10-7-11-18(14-17)32-24(35)21-15(2)31-23(34-21)19-12-13-20(36-25(27)28)22(33-19)16-8-5-4-6-9-16/h4-14,25H,3H2,1-2H3,(H,31,34)(H,32,35). The number of benzene rings is 2. The van der Waals surface area contributed by atoms with E-state index in [0.29, 0.717) is 17.0 Å². The van der Waals surface area contributed by atoms with Crippen LogP contribution in [0.5, 0.6) is 5.75 Å². The van der Waals surface area contributed by atoms with Crippen LogP contribution in [0, 0.1) is 6.92 Å². The molecule has 0 saturated carbocycles. The number of hydrogen-bond acceptors (Lipinski definition) is 4. The molecule has 0 aliphatic rings. The summed E-state index contributed by atoms with van der Waals surface area (Å²) in [5.41, 5.74) is 1.48. The Labute approximate surface area is 204 Å². The molecule has 0 unspecified atom stereocenters. The summed E-state index contributed by atoms with van der Waals surface area (Å²) in [4.78, 5) is 24.6. The van der Waals surface area contributed by atoms with Gasteiger partial charge in [0.2, 0.25) is 0 Å². The molecule has 2 aromatic carbocycles. The predicted molar refractivity (Wildman–Crippen MR) is 127 cm³/mol. The van der Waals surface area contributed by atoms with E-state index in [1.807, 2.05) is 0 Å². The van der Waals surface area contributed by atoms with Gasteiger partial charge in [-0.25, -0.2) is 18.7 Å². The Morgan fingerprint density at radius 3 is 2.50 bits per heavy atom. The maximum absolute atomic E-state index is 14.0. The monoisotopic (exact) mass is 498 g/mol. The Bertz CT molecular complexity index is 1370. The number of nitrogens with one attached hydrogen (secondary N) is 2. The number of halogens is 4. The Kier molecular flexibility index (Phi) is 7.05. The number of alkyl halides is 4. The molecule has 2 heterocycles. The topological polar surface area (TPSA) is 79.9 Å². The summed E-state index contributed by atoms with van der Waals surface area (Å²) < 4.78 is 58.6. The highest BCUT2D eigenvalue weighted by Gasteiger charge is 2.29. The molecular weight excluding hydrogens is 476 g/mol. The largest absolute Gasteiger partial charge is 0.432 e. The van der Waals surface area contributed by atoms with Crippen molar-refractivity contribution in [3.63, 3.8) is 0 Å². The summed E-state index contributed by atoms with van der Waals surface area (Å²) >= 11 is 0. The van der Waals surface area contributed by atoms with E-state index in [2.05, 4.69) is 25.0 Å². The van der Waals surface area contributed by atoms with Gasteiger partial charge in [-0.15, -0.1) is 0 Å². The van der Waals surface area contributed by atoms with Gasteiger partial charge in [-0.2, -0.15) is 8.78 Å². The summed E-state index contributed by atoms with van der Waals surface area (Å²) in [6.45, 7) is -0.0278. The van der Waals surface area contributed by atoms with E-state index < -0.39 is 18.4 Å². The second-order valence-corrected chi connectivity index (χ2v) is 7.94. The third-order valence-electron chi connectivity index (χ3n) is 5.45. The van der Waals surface area contributed by atoms with Crippen molar-refractivity contribution in [2.75, 3.05) is 5.32 Å². The quantitative estimate of drug-likeness (QED) is 0.262. The van der Waals surface area contributed by atoms with Crippen molar-refractivity contribution in [1.82, 2.24) is 15.0 Å². The van der Waals surface area contributed by atoms with Crippen LogP contribution in [0.15, 0.2) is 66.7 Å². The number of carbonyl (C=O) groups is 1. The van der Waals surface area contributed by atoms with E-state index in [9.17, 15) is 22.4 Å². The first-order valence-corrected chi connectivity index (χ1v) is 11.1. The number of amides is 1. The van der Waals surface area contributed by atoms with Crippen LogP contribution in [0.1, 0.15) is 35.1 Å². The minimum atomic E-state index is -3.03.